The van der Waals surface area contributed by atoms with E-state index in [1.54, 1.807) is 25.6 Å². The monoisotopic (exact) mass is 268 g/mol. The molecule has 1 aliphatic rings. The van der Waals surface area contributed by atoms with Crippen molar-refractivity contribution in [3.8, 4) is 5.75 Å². The van der Waals surface area contributed by atoms with E-state index in [0.29, 0.717) is 17.2 Å². The Balaban J connectivity index is 2.24. The predicted molar refractivity (Wildman–Crippen MR) is 70.2 cm³/mol. The number of pyridine rings is 1. The standard InChI is InChI=1S/C13H17ClN2O2/c1-18-12-9-15-6-5-11(12)13(17)16-7-3-2-4-10(16)8-14/h5-6,9-10H,2-4,7-8H2,1H3. The Labute approximate surface area is 112 Å². The quantitative estimate of drug-likeness (QED) is 0.790. The first kappa shape index (κ1) is 13.1. The third-order valence-corrected chi connectivity index (χ3v) is 3.66. The fourth-order valence-corrected chi connectivity index (χ4v) is 2.62. The summed E-state index contributed by atoms with van der Waals surface area (Å²) in [6.07, 6.45) is 6.31. The van der Waals surface area contributed by atoms with Crippen LogP contribution in [0, 0.1) is 0 Å². The van der Waals surface area contributed by atoms with Gasteiger partial charge in [0, 0.05) is 24.7 Å². The van der Waals surface area contributed by atoms with E-state index < -0.39 is 0 Å². The molecule has 0 aromatic carbocycles. The molecule has 2 rings (SSSR count). The summed E-state index contributed by atoms with van der Waals surface area (Å²) in [4.78, 5) is 18.3. The van der Waals surface area contributed by atoms with Crippen LogP contribution in [0.4, 0.5) is 0 Å². The van der Waals surface area contributed by atoms with Crippen LogP contribution in [0.3, 0.4) is 0 Å². The van der Waals surface area contributed by atoms with Gasteiger partial charge in [-0.1, -0.05) is 0 Å². The zero-order valence-electron chi connectivity index (χ0n) is 10.4. The van der Waals surface area contributed by atoms with Crippen LogP contribution >= 0.6 is 11.6 Å². The summed E-state index contributed by atoms with van der Waals surface area (Å²) in [6, 6.07) is 1.83. The molecule has 1 unspecified atom stereocenters. The molecule has 0 bridgehead atoms. The van der Waals surface area contributed by atoms with E-state index in [9.17, 15) is 4.79 Å². The highest BCUT2D eigenvalue weighted by Gasteiger charge is 2.28. The lowest BCUT2D eigenvalue weighted by molar-refractivity contribution is 0.0635. The normalized spacial score (nSPS) is 19.7. The Bertz CT molecular complexity index is 425. The van der Waals surface area contributed by atoms with Crippen LogP contribution < -0.4 is 4.74 Å². The number of hydrogen-bond acceptors (Lipinski definition) is 3. The highest BCUT2D eigenvalue weighted by atomic mass is 35.5. The summed E-state index contributed by atoms with van der Waals surface area (Å²) in [5.74, 6) is 0.986. The van der Waals surface area contributed by atoms with Gasteiger partial charge in [-0.25, -0.2) is 0 Å². The van der Waals surface area contributed by atoms with Gasteiger partial charge in [0.2, 0.25) is 0 Å². The van der Waals surface area contributed by atoms with E-state index in [4.69, 9.17) is 16.3 Å². The van der Waals surface area contributed by atoms with Crippen molar-refractivity contribution in [2.45, 2.75) is 25.3 Å². The Morgan fingerprint density at radius 3 is 3.17 bits per heavy atom. The molecule has 1 aliphatic heterocycles. The molecule has 2 heterocycles. The van der Waals surface area contributed by atoms with Crippen LogP contribution in [0.15, 0.2) is 18.5 Å². The average Bonchev–Trinajstić information content (AvgIpc) is 2.46. The van der Waals surface area contributed by atoms with Crippen LogP contribution in [0.25, 0.3) is 0 Å². The van der Waals surface area contributed by atoms with Crippen molar-refractivity contribution in [1.29, 1.82) is 0 Å². The molecule has 1 aromatic heterocycles. The summed E-state index contributed by atoms with van der Waals surface area (Å²) in [7, 11) is 1.54. The molecule has 0 saturated carbocycles. The summed E-state index contributed by atoms with van der Waals surface area (Å²) in [5, 5.41) is 0. The fourth-order valence-electron chi connectivity index (χ4n) is 2.30. The Morgan fingerprint density at radius 1 is 1.61 bits per heavy atom. The van der Waals surface area contributed by atoms with Crippen LogP contribution in [0.2, 0.25) is 0 Å². The van der Waals surface area contributed by atoms with Crippen molar-refractivity contribution < 1.29 is 9.53 Å². The molecule has 4 nitrogen and oxygen atoms in total. The number of carbonyl (C=O) groups is 1. The number of carbonyl (C=O) groups excluding carboxylic acids is 1. The number of ether oxygens (including phenoxy) is 1. The first-order chi connectivity index (χ1) is 8.77. The summed E-state index contributed by atoms with van der Waals surface area (Å²) in [5.41, 5.74) is 0.560. The van der Waals surface area contributed by atoms with E-state index in [-0.39, 0.29) is 11.9 Å². The first-order valence-electron chi connectivity index (χ1n) is 6.13. The molecular formula is C13H17ClN2O2. The van der Waals surface area contributed by atoms with Gasteiger partial charge in [-0.05, 0) is 25.3 Å². The van der Waals surface area contributed by atoms with Crippen LogP contribution in [0.1, 0.15) is 29.6 Å². The summed E-state index contributed by atoms with van der Waals surface area (Å²) in [6.45, 7) is 0.766. The van der Waals surface area contributed by atoms with Gasteiger partial charge in [0.25, 0.3) is 5.91 Å². The van der Waals surface area contributed by atoms with Gasteiger partial charge in [-0.2, -0.15) is 0 Å². The average molecular weight is 269 g/mol. The van der Waals surface area contributed by atoms with Gasteiger partial charge in [-0.15, -0.1) is 11.6 Å². The molecule has 0 aliphatic carbocycles. The van der Waals surface area contributed by atoms with Crippen molar-refractivity contribution in [2.24, 2.45) is 0 Å². The SMILES string of the molecule is COc1cnccc1C(=O)N1CCCCC1CCl. The lowest BCUT2D eigenvalue weighted by atomic mass is 10.0. The minimum atomic E-state index is -0.0143. The number of likely N-dealkylation sites (tertiary alicyclic amines) is 1. The van der Waals surface area contributed by atoms with Gasteiger partial charge in [-0.3, -0.25) is 9.78 Å². The maximum absolute atomic E-state index is 12.5. The summed E-state index contributed by atoms with van der Waals surface area (Å²) >= 11 is 5.94. The van der Waals surface area contributed by atoms with Gasteiger partial charge < -0.3 is 9.64 Å². The van der Waals surface area contributed by atoms with E-state index in [1.807, 2.05) is 4.90 Å². The molecule has 5 heteroatoms. The van der Waals surface area contributed by atoms with Crippen molar-refractivity contribution in [3.63, 3.8) is 0 Å². The van der Waals surface area contributed by atoms with Gasteiger partial charge >= 0.3 is 0 Å². The number of halogens is 1. The molecule has 1 atom stereocenters. The molecule has 1 aromatic rings. The third kappa shape index (κ3) is 2.58. The second kappa shape index (κ2) is 6.05. The number of methoxy groups -OCH3 is 1. The number of hydrogen-bond donors (Lipinski definition) is 0. The van der Waals surface area contributed by atoms with Crippen molar-refractivity contribution >= 4 is 17.5 Å². The molecule has 0 N–H and O–H groups in total. The highest BCUT2D eigenvalue weighted by Crippen LogP contribution is 2.24. The van der Waals surface area contributed by atoms with Gasteiger partial charge in [0.05, 0.1) is 18.9 Å². The van der Waals surface area contributed by atoms with Gasteiger partial charge in [0.15, 0.2) is 0 Å². The lowest BCUT2D eigenvalue weighted by Crippen LogP contribution is -2.44. The molecule has 18 heavy (non-hydrogen) atoms. The first-order valence-corrected chi connectivity index (χ1v) is 6.66. The Morgan fingerprint density at radius 2 is 2.44 bits per heavy atom. The molecular weight excluding hydrogens is 252 g/mol. The number of alkyl halides is 1. The third-order valence-electron chi connectivity index (χ3n) is 3.30. The van der Waals surface area contributed by atoms with Crippen LogP contribution in [-0.4, -0.2) is 41.4 Å². The van der Waals surface area contributed by atoms with Crippen LogP contribution in [0.5, 0.6) is 5.75 Å². The minimum Gasteiger partial charge on any atom is -0.494 e. The van der Waals surface area contributed by atoms with E-state index >= 15 is 0 Å². The topological polar surface area (TPSA) is 42.4 Å². The number of aromatic nitrogens is 1. The zero-order valence-corrected chi connectivity index (χ0v) is 11.2. The molecule has 0 spiro atoms. The number of amides is 1. The second-order valence-corrected chi connectivity index (χ2v) is 4.69. The lowest BCUT2D eigenvalue weighted by Gasteiger charge is -2.34. The largest absolute Gasteiger partial charge is 0.494 e. The fraction of sp³-hybridized carbons (Fsp3) is 0.538. The molecule has 1 amide bonds. The van der Waals surface area contributed by atoms with Crippen molar-refractivity contribution in [3.05, 3.63) is 24.0 Å². The maximum atomic E-state index is 12.5. The zero-order chi connectivity index (χ0) is 13.0. The number of rotatable bonds is 3. The minimum absolute atomic E-state index is 0.0143. The van der Waals surface area contributed by atoms with Crippen LogP contribution in [-0.2, 0) is 0 Å². The number of nitrogens with zero attached hydrogens (tertiary/aromatic N) is 2. The van der Waals surface area contributed by atoms with Gasteiger partial charge in [0.1, 0.15) is 5.75 Å². The Hall–Kier alpha value is -1.29. The molecule has 1 saturated heterocycles. The Kier molecular flexibility index (Phi) is 4.42. The molecule has 1 fully saturated rings. The van der Waals surface area contributed by atoms with Crippen molar-refractivity contribution in [1.82, 2.24) is 9.88 Å². The maximum Gasteiger partial charge on any atom is 0.258 e. The second-order valence-electron chi connectivity index (χ2n) is 4.38. The van der Waals surface area contributed by atoms with E-state index in [1.165, 1.54) is 0 Å². The highest BCUT2D eigenvalue weighted by molar-refractivity contribution is 6.18. The summed E-state index contributed by atoms with van der Waals surface area (Å²) < 4.78 is 5.18. The number of piperidine rings is 1. The molecule has 0 radical (unpaired) electrons. The van der Waals surface area contributed by atoms with E-state index in [0.717, 1.165) is 25.8 Å². The van der Waals surface area contributed by atoms with Crippen molar-refractivity contribution in [2.75, 3.05) is 19.5 Å². The predicted octanol–water partition coefficient (Wildman–Crippen LogP) is 2.32. The smallest absolute Gasteiger partial charge is 0.258 e. The molecule has 98 valence electrons. The van der Waals surface area contributed by atoms with E-state index in [2.05, 4.69) is 4.98 Å².